The monoisotopic (exact) mass is 273 g/mol. The molecule has 108 valence electrons. The standard InChI is InChI=1S/C16H23N3O/c1-12(2)18-8-14-7-5-6-13(3)16(14)20-10-15-9-17-11-19(15)4/h5-7,9,11-12,18H,8,10H2,1-4H3. The molecule has 1 heterocycles. The number of nitrogens with one attached hydrogen (secondary N) is 1. The average molecular weight is 273 g/mol. The van der Waals surface area contributed by atoms with Gasteiger partial charge >= 0.3 is 0 Å². The van der Waals surface area contributed by atoms with E-state index in [1.807, 2.05) is 17.8 Å². The molecule has 0 bridgehead atoms. The van der Waals surface area contributed by atoms with Gasteiger partial charge in [-0.3, -0.25) is 0 Å². The Labute approximate surface area is 120 Å². The van der Waals surface area contributed by atoms with E-state index in [9.17, 15) is 0 Å². The highest BCUT2D eigenvalue weighted by Crippen LogP contribution is 2.24. The molecule has 2 rings (SSSR count). The smallest absolute Gasteiger partial charge is 0.130 e. The summed E-state index contributed by atoms with van der Waals surface area (Å²) in [6, 6.07) is 6.72. The summed E-state index contributed by atoms with van der Waals surface area (Å²) in [7, 11) is 1.98. The average Bonchev–Trinajstić information content (AvgIpc) is 2.81. The molecule has 0 amide bonds. The Hall–Kier alpha value is -1.81. The highest BCUT2D eigenvalue weighted by Gasteiger charge is 2.09. The molecule has 1 N–H and O–H groups in total. The van der Waals surface area contributed by atoms with Gasteiger partial charge in [0.05, 0.1) is 18.2 Å². The zero-order chi connectivity index (χ0) is 14.5. The molecule has 0 atom stereocenters. The van der Waals surface area contributed by atoms with E-state index >= 15 is 0 Å². The lowest BCUT2D eigenvalue weighted by Crippen LogP contribution is -2.22. The fourth-order valence-electron chi connectivity index (χ4n) is 2.04. The summed E-state index contributed by atoms with van der Waals surface area (Å²) >= 11 is 0. The highest BCUT2D eigenvalue weighted by molar-refractivity contribution is 5.40. The number of nitrogens with zero attached hydrogens (tertiary/aromatic N) is 2. The van der Waals surface area contributed by atoms with Crippen molar-refractivity contribution in [1.29, 1.82) is 0 Å². The number of para-hydroxylation sites is 1. The number of ether oxygens (including phenoxy) is 1. The Kier molecular flexibility index (Phi) is 4.79. The van der Waals surface area contributed by atoms with Crippen LogP contribution in [0.1, 0.15) is 30.7 Å². The number of aromatic nitrogens is 2. The molecule has 4 nitrogen and oxygen atoms in total. The van der Waals surface area contributed by atoms with Gasteiger partial charge in [-0.1, -0.05) is 32.0 Å². The summed E-state index contributed by atoms with van der Waals surface area (Å²) in [5.74, 6) is 0.974. The first-order valence-corrected chi connectivity index (χ1v) is 6.97. The van der Waals surface area contributed by atoms with E-state index in [1.54, 1.807) is 6.33 Å². The SMILES string of the molecule is Cc1cccc(CNC(C)C)c1OCc1cncn1C. The summed E-state index contributed by atoms with van der Waals surface area (Å²) < 4.78 is 8.00. The van der Waals surface area contributed by atoms with Crippen molar-refractivity contribution in [3.63, 3.8) is 0 Å². The lowest BCUT2D eigenvalue weighted by molar-refractivity contribution is 0.291. The molecule has 0 aliphatic heterocycles. The Bertz CT molecular complexity index is 561. The molecule has 2 aromatic rings. The van der Waals surface area contributed by atoms with Gasteiger partial charge in [-0.2, -0.15) is 0 Å². The quantitative estimate of drug-likeness (QED) is 0.879. The number of rotatable bonds is 6. The van der Waals surface area contributed by atoms with Gasteiger partial charge in [-0.15, -0.1) is 0 Å². The topological polar surface area (TPSA) is 39.1 Å². The van der Waals surface area contributed by atoms with Crippen molar-refractivity contribution in [3.8, 4) is 5.75 Å². The van der Waals surface area contributed by atoms with Crippen LogP contribution in [0.15, 0.2) is 30.7 Å². The number of hydrogen-bond acceptors (Lipinski definition) is 3. The maximum absolute atomic E-state index is 6.02. The van der Waals surface area contributed by atoms with Crippen molar-refractivity contribution in [3.05, 3.63) is 47.5 Å². The number of imidazole rings is 1. The molecule has 0 radical (unpaired) electrons. The Morgan fingerprint density at radius 1 is 1.35 bits per heavy atom. The maximum Gasteiger partial charge on any atom is 0.130 e. The predicted molar refractivity (Wildman–Crippen MR) is 80.7 cm³/mol. The summed E-state index contributed by atoms with van der Waals surface area (Å²) in [6.07, 6.45) is 3.63. The first-order valence-electron chi connectivity index (χ1n) is 6.97. The van der Waals surface area contributed by atoms with Crippen LogP contribution in [-0.4, -0.2) is 15.6 Å². The van der Waals surface area contributed by atoms with Gasteiger partial charge in [0.2, 0.25) is 0 Å². The molecule has 0 spiro atoms. The fourth-order valence-corrected chi connectivity index (χ4v) is 2.04. The summed E-state index contributed by atoms with van der Waals surface area (Å²) in [5, 5.41) is 3.44. The van der Waals surface area contributed by atoms with Crippen LogP contribution in [0.4, 0.5) is 0 Å². The zero-order valence-corrected chi connectivity index (χ0v) is 12.7. The molecule has 1 aromatic heterocycles. The molecule has 0 saturated heterocycles. The second-order valence-electron chi connectivity index (χ2n) is 5.38. The van der Waals surface area contributed by atoms with Crippen molar-refractivity contribution in [2.75, 3.05) is 0 Å². The molecule has 0 aliphatic carbocycles. The van der Waals surface area contributed by atoms with Gasteiger partial charge in [-0.25, -0.2) is 4.98 Å². The molecular formula is C16H23N3O. The van der Waals surface area contributed by atoms with E-state index in [-0.39, 0.29) is 0 Å². The summed E-state index contributed by atoms with van der Waals surface area (Å²) in [4.78, 5) is 4.11. The molecule has 4 heteroatoms. The minimum Gasteiger partial charge on any atom is -0.487 e. The minimum absolute atomic E-state index is 0.459. The molecule has 0 saturated carbocycles. The van der Waals surface area contributed by atoms with E-state index in [1.165, 1.54) is 5.56 Å². The fraction of sp³-hybridized carbons (Fsp3) is 0.438. The van der Waals surface area contributed by atoms with E-state index in [4.69, 9.17) is 4.74 Å². The van der Waals surface area contributed by atoms with Crippen LogP contribution in [0.5, 0.6) is 5.75 Å². The van der Waals surface area contributed by atoms with Crippen LogP contribution in [-0.2, 0) is 20.2 Å². The predicted octanol–water partition coefficient (Wildman–Crippen LogP) is 2.81. The zero-order valence-electron chi connectivity index (χ0n) is 12.7. The van der Waals surface area contributed by atoms with Gasteiger partial charge < -0.3 is 14.6 Å². The van der Waals surface area contributed by atoms with Crippen molar-refractivity contribution in [2.45, 2.75) is 40.0 Å². The van der Waals surface area contributed by atoms with Crippen LogP contribution in [0.2, 0.25) is 0 Å². The number of benzene rings is 1. The molecule has 20 heavy (non-hydrogen) atoms. The second kappa shape index (κ2) is 6.57. The van der Waals surface area contributed by atoms with E-state index in [0.29, 0.717) is 12.6 Å². The molecular weight excluding hydrogens is 250 g/mol. The summed E-state index contributed by atoms with van der Waals surface area (Å²) in [5.41, 5.74) is 3.42. The molecule has 0 fully saturated rings. The van der Waals surface area contributed by atoms with Gasteiger partial charge in [0.25, 0.3) is 0 Å². The first kappa shape index (κ1) is 14.6. The molecule has 0 aliphatic rings. The Morgan fingerprint density at radius 3 is 2.80 bits per heavy atom. The third kappa shape index (κ3) is 3.61. The van der Waals surface area contributed by atoms with Crippen molar-refractivity contribution in [1.82, 2.24) is 14.9 Å². The largest absolute Gasteiger partial charge is 0.487 e. The van der Waals surface area contributed by atoms with Gasteiger partial charge in [0.15, 0.2) is 0 Å². The van der Waals surface area contributed by atoms with Crippen molar-refractivity contribution in [2.24, 2.45) is 7.05 Å². The normalized spacial score (nSPS) is 11.1. The highest BCUT2D eigenvalue weighted by atomic mass is 16.5. The van der Waals surface area contributed by atoms with Gasteiger partial charge in [-0.05, 0) is 12.5 Å². The summed E-state index contributed by atoms with van der Waals surface area (Å²) in [6.45, 7) is 7.73. The van der Waals surface area contributed by atoms with E-state index < -0.39 is 0 Å². The van der Waals surface area contributed by atoms with Gasteiger partial charge in [0, 0.05) is 25.2 Å². The molecule has 0 unspecified atom stereocenters. The third-order valence-electron chi connectivity index (χ3n) is 3.28. The minimum atomic E-state index is 0.459. The first-order chi connectivity index (χ1) is 9.58. The maximum atomic E-state index is 6.02. The Balaban J connectivity index is 2.11. The van der Waals surface area contributed by atoms with Crippen LogP contribution in [0.25, 0.3) is 0 Å². The van der Waals surface area contributed by atoms with Crippen LogP contribution in [0, 0.1) is 6.92 Å². The van der Waals surface area contributed by atoms with E-state index in [0.717, 1.165) is 23.6 Å². The van der Waals surface area contributed by atoms with E-state index in [2.05, 4.69) is 49.3 Å². The van der Waals surface area contributed by atoms with Crippen LogP contribution < -0.4 is 10.1 Å². The number of hydrogen-bond donors (Lipinski definition) is 1. The number of aryl methyl sites for hydroxylation is 2. The van der Waals surface area contributed by atoms with Gasteiger partial charge in [0.1, 0.15) is 12.4 Å². The third-order valence-corrected chi connectivity index (χ3v) is 3.28. The van der Waals surface area contributed by atoms with Crippen molar-refractivity contribution < 1.29 is 4.74 Å². The van der Waals surface area contributed by atoms with Crippen molar-refractivity contribution >= 4 is 0 Å². The van der Waals surface area contributed by atoms with Crippen LogP contribution >= 0.6 is 0 Å². The lowest BCUT2D eigenvalue weighted by atomic mass is 10.1. The molecule has 1 aromatic carbocycles. The Morgan fingerprint density at radius 2 is 2.15 bits per heavy atom. The second-order valence-corrected chi connectivity index (χ2v) is 5.38. The van der Waals surface area contributed by atoms with Crippen LogP contribution in [0.3, 0.4) is 0 Å². The lowest BCUT2D eigenvalue weighted by Gasteiger charge is -2.16.